The van der Waals surface area contributed by atoms with E-state index in [0.717, 1.165) is 22.4 Å². The molecule has 6 heteroatoms. The second kappa shape index (κ2) is 11.7. The molecule has 0 bridgehead atoms. The quantitative estimate of drug-likeness (QED) is 0.399. The molecular weight excluding hydrogens is 452 g/mol. The highest BCUT2D eigenvalue weighted by atomic mass is 16.5. The lowest BCUT2D eigenvalue weighted by atomic mass is 9.99. The van der Waals surface area contributed by atoms with Crippen LogP contribution in [0.15, 0.2) is 96.2 Å². The van der Waals surface area contributed by atoms with Gasteiger partial charge in [-0.2, -0.15) is 0 Å². The first-order chi connectivity index (χ1) is 17.5. The molecule has 36 heavy (non-hydrogen) atoms. The Morgan fingerprint density at radius 2 is 1.47 bits per heavy atom. The summed E-state index contributed by atoms with van der Waals surface area (Å²) in [6.45, 7) is 6.75. The van der Waals surface area contributed by atoms with Crippen LogP contribution in [0.3, 0.4) is 0 Å². The van der Waals surface area contributed by atoms with E-state index in [1.165, 1.54) is 0 Å². The van der Waals surface area contributed by atoms with Crippen LogP contribution < -0.4 is 4.90 Å². The van der Waals surface area contributed by atoms with Gasteiger partial charge in [-0.15, -0.1) is 0 Å². The van der Waals surface area contributed by atoms with E-state index >= 15 is 0 Å². The normalized spacial score (nSPS) is 16.1. The van der Waals surface area contributed by atoms with Crippen LogP contribution in [0.5, 0.6) is 0 Å². The van der Waals surface area contributed by atoms with Gasteiger partial charge in [0, 0.05) is 18.8 Å². The van der Waals surface area contributed by atoms with Crippen LogP contribution in [-0.2, 0) is 25.6 Å². The van der Waals surface area contributed by atoms with Crippen molar-refractivity contribution in [3.8, 4) is 0 Å². The molecule has 1 aliphatic rings. The van der Waals surface area contributed by atoms with E-state index in [-0.39, 0.29) is 31.6 Å². The van der Waals surface area contributed by atoms with Gasteiger partial charge < -0.3 is 14.4 Å². The van der Waals surface area contributed by atoms with Crippen molar-refractivity contribution in [1.29, 1.82) is 0 Å². The highest BCUT2D eigenvalue weighted by molar-refractivity contribution is 6.04. The Labute approximate surface area is 212 Å². The molecule has 0 radical (unpaired) electrons. The van der Waals surface area contributed by atoms with E-state index in [1.54, 1.807) is 13.8 Å². The molecule has 4 rings (SSSR count). The molecule has 0 saturated carbocycles. The van der Waals surface area contributed by atoms with E-state index < -0.39 is 11.9 Å². The lowest BCUT2D eigenvalue weighted by Gasteiger charge is -2.46. The van der Waals surface area contributed by atoms with Gasteiger partial charge in [0.1, 0.15) is 11.9 Å². The molecular formula is C30H32N2O4. The molecule has 0 aliphatic carbocycles. The van der Waals surface area contributed by atoms with Crippen molar-refractivity contribution in [2.24, 2.45) is 0 Å². The van der Waals surface area contributed by atoms with E-state index in [4.69, 9.17) is 9.47 Å². The number of aryl methyl sites for hydroxylation is 1. The molecule has 0 spiro atoms. The Balaban J connectivity index is 1.97. The van der Waals surface area contributed by atoms with E-state index in [0.29, 0.717) is 12.1 Å². The second-order valence-electron chi connectivity index (χ2n) is 8.65. The summed E-state index contributed by atoms with van der Waals surface area (Å²) in [6, 6.07) is 28.1. The number of benzene rings is 3. The molecule has 186 valence electrons. The smallest absolute Gasteiger partial charge is 0.355 e. The van der Waals surface area contributed by atoms with Crippen molar-refractivity contribution in [2.75, 3.05) is 24.7 Å². The molecule has 0 saturated heterocycles. The number of rotatable bonds is 8. The summed E-state index contributed by atoms with van der Waals surface area (Å²) >= 11 is 0. The van der Waals surface area contributed by atoms with Crippen molar-refractivity contribution in [3.05, 3.63) is 113 Å². The fourth-order valence-electron chi connectivity index (χ4n) is 4.59. The number of nitrogens with zero attached hydrogens (tertiary/aromatic N) is 2. The van der Waals surface area contributed by atoms with Gasteiger partial charge in [0.25, 0.3) is 0 Å². The number of carbonyl (C=O) groups excluding carboxylic acids is 2. The molecule has 0 aromatic heterocycles. The first-order valence-electron chi connectivity index (χ1n) is 12.3. The third-order valence-corrected chi connectivity index (χ3v) is 6.08. The second-order valence-corrected chi connectivity index (χ2v) is 8.65. The zero-order valence-corrected chi connectivity index (χ0v) is 21.0. The molecule has 1 aliphatic heterocycles. The largest absolute Gasteiger partial charge is 0.463 e. The number of esters is 2. The minimum absolute atomic E-state index is 0.198. The Hall–Kier alpha value is -3.90. The Morgan fingerprint density at radius 3 is 2.11 bits per heavy atom. The summed E-state index contributed by atoms with van der Waals surface area (Å²) in [4.78, 5) is 30.9. The maximum absolute atomic E-state index is 13.5. The third kappa shape index (κ3) is 5.50. The summed E-state index contributed by atoms with van der Waals surface area (Å²) in [7, 11) is 0. The van der Waals surface area contributed by atoms with Crippen molar-refractivity contribution >= 4 is 17.6 Å². The Kier molecular flexibility index (Phi) is 8.18. The van der Waals surface area contributed by atoms with Gasteiger partial charge in [-0.25, -0.2) is 9.59 Å². The SMILES string of the molecule is CCOC(=O)C1=C(C(=O)OCC)N(c2cccc(C)c2)C(c2ccccc2)N(Cc2ccccc2)C1. The first kappa shape index (κ1) is 25.2. The van der Waals surface area contributed by atoms with Crippen LogP contribution >= 0.6 is 0 Å². The van der Waals surface area contributed by atoms with Crippen molar-refractivity contribution in [3.63, 3.8) is 0 Å². The highest BCUT2D eigenvalue weighted by Gasteiger charge is 2.42. The lowest BCUT2D eigenvalue weighted by Crippen LogP contribution is -2.50. The Bertz CT molecular complexity index is 1220. The van der Waals surface area contributed by atoms with Gasteiger partial charge in [-0.05, 0) is 49.6 Å². The highest BCUT2D eigenvalue weighted by Crippen LogP contribution is 2.40. The van der Waals surface area contributed by atoms with Gasteiger partial charge in [-0.3, -0.25) is 4.90 Å². The van der Waals surface area contributed by atoms with Crippen LogP contribution in [0.4, 0.5) is 5.69 Å². The van der Waals surface area contributed by atoms with Crippen LogP contribution in [0.2, 0.25) is 0 Å². The Morgan fingerprint density at radius 1 is 0.833 bits per heavy atom. The molecule has 1 atom stereocenters. The zero-order chi connectivity index (χ0) is 25.5. The summed E-state index contributed by atoms with van der Waals surface area (Å²) in [5, 5.41) is 0. The third-order valence-electron chi connectivity index (χ3n) is 6.08. The van der Waals surface area contributed by atoms with Crippen molar-refractivity contribution in [2.45, 2.75) is 33.5 Å². The van der Waals surface area contributed by atoms with Crippen LogP contribution in [0, 0.1) is 6.92 Å². The number of hydrogen-bond donors (Lipinski definition) is 0. The molecule has 0 amide bonds. The first-order valence-corrected chi connectivity index (χ1v) is 12.3. The van der Waals surface area contributed by atoms with Gasteiger partial charge in [-0.1, -0.05) is 72.8 Å². The fraction of sp³-hybridized carbons (Fsp3) is 0.267. The van der Waals surface area contributed by atoms with Gasteiger partial charge in [0.2, 0.25) is 0 Å². The molecule has 3 aromatic carbocycles. The minimum Gasteiger partial charge on any atom is -0.463 e. The van der Waals surface area contributed by atoms with Crippen LogP contribution in [0.25, 0.3) is 0 Å². The molecule has 1 heterocycles. The topological polar surface area (TPSA) is 59.1 Å². The summed E-state index contributed by atoms with van der Waals surface area (Å²) in [5.41, 5.74) is 4.45. The fourth-order valence-corrected chi connectivity index (χ4v) is 4.59. The molecule has 1 unspecified atom stereocenters. The standard InChI is InChI=1S/C30H32N2O4/c1-4-35-29(33)26-21-31(20-23-14-8-6-9-15-23)28(24-16-10-7-11-17-24)32(27(26)30(34)36-5-2)25-18-12-13-22(3)19-25/h6-19,28H,4-5,20-21H2,1-3H3. The average molecular weight is 485 g/mol. The molecule has 3 aromatic rings. The van der Waals surface area contributed by atoms with Gasteiger partial charge >= 0.3 is 11.9 Å². The van der Waals surface area contributed by atoms with Crippen molar-refractivity contribution in [1.82, 2.24) is 4.90 Å². The van der Waals surface area contributed by atoms with Crippen molar-refractivity contribution < 1.29 is 19.1 Å². The van der Waals surface area contributed by atoms with Crippen LogP contribution in [0.1, 0.15) is 36.7 Å². The maximum atomic E-state index is 13.5. The number of ether oxygens (including phenoxy) is 2. The molecule has 0 N–H and O–H groups in total. The minimum atomic E-state index is -0.539. The predicted molar refractivity (Wildman–Crippen MR) is 140 cm³/mol. The van der Waals surface area contributed by atoms with E-state index in [1.807, 2.05) is 84.6 Å². The lowest BCUT2D eigenvalue weighted by molar-refractivity contribution is -0.142. The average Bonchev–Trinajstić information content (AvgIpc) is 2.89. The van der Waals surface area contributed by atoms with E-state index in [2.05, 4.69) is 17.0 Å². The molecule has 6 nitrogen and oxygen atoms in total. The summed E-state index contributed by atoms with van der Waals surface area (Å²) < 4.78 is 10.9. The maximum Gasteiger partial charge on any atom is 0.355 e. The predicted octanol–water partition coefficient (Wildman–Crippen LogP) is 5.40. The van der Waals surface area contributed by atoms with Crippen LogP contribution in [-0.4, -0.2) is 36.6 Å². The summed E-state index contributed by atoms with van der Waals surface area (Å²) in [6.07, 6.45) is -0.356. The number of anilines is 1. The summed E-state index contributed by atoms with van der Waals surface area (Å²) in [5.74, 6) is -1.05. The number of carbonyl (C=O) groups is 2. The van der Waals surface area contributed by atoms with E-state index in [9.17, 15) is 9.59 Å². The van der Waals surface area contributed by atoms with Gasteiger partial charge in [0.15, 0.2) is 0 Å². The monoisotopic (exact) mass is 484 g/mol. The van der Waals surface area contributed by atoms with Gasteiger partial charge in [0.05, 0.1) is 18.8 Å². The number of hydrogen-bond acceptors (Lipinski definition) is 6. The zero-order valence-electron chi connectivity index (χ0n) is 21.0. The molecule has 0 fully saturated rings.